The first-order valence-corrected chi connectivity index (χ1v) is 6.65. The fourth-order valence-corrected chi connectivity index (χ4v) is 1.86. The maximum Gasteiger partial charge on any atom is 0.269 e. The van der Waals surface area contributed by atoms with Gasteiger partial charge in [0, 0.05) is 5.56 Å². The van der Waals surface area contributed by atoms with Gasteiger partial charge in [0.25, 0.3) is 5.91 Å². The molecule has 0 spiro atoms. The van der Waals surface area contributed by atoms with Crippen molar-refractivity contribution in [1.82, 2.24) is 15.2 Å². The predicted octanol–water partition coefficient (Wildman–Crippen LogP) is 2.57. The summed E-state index contributed by atoms with van der Waals surface area (Å²) in [4.78, 5) is 15.1. The molecule has 0 aliphatic heterocycles. The van der Waals surface area contributed by atoms with Crippen LogP contribution in [0.25, 0.3) is 11.4 Å². The molecule has 1 amide bonds. The molecule has 0 aliphatic rings. The zero-order valence-corrected chi connectivity index (χ0v) is 11.8. The molecule has 114 valence electrons. The lowest BCUT2D eigenvalue weighted by Gasteiger charge is -2.06. The first-order chi connectivity index (χ1) is 11.1. The molecule has 0 fully saturated rings. The van der Waals surface area contributed by atoms with Gasteiger partial charge in [-0.05, 0) is 48.5 Å². The van der Waals surface area contributed by atoms with E-state index in [1.54, 1.807) is 24.3 Å². The molecule has 0 saturated carbocycles. The number of benzene rings is 2. The summed E-state index contributed by atoms with van der Waals surface area (Å²) in [6, 6.07) is 12.6. The smallest absolute Gasteiger partial charge is 0.269 e. The van der Waals surface area contributed by atoms with Gasteiger partial charge in [0.1, 0.15) is 17.3 Å². The van der Waals surface area contributed by atoms with Crippen LogP contribution in [0.2, 0.25) is 0 Å². The van der Waals surface area contributed by atoms with E-state index in [4.69, 9.17) is 10.5 Å². The SMILES string of the molecule is NC(=O)c1cnnc(-c2ccc(Oc3ccc(F)cc3)cc2)n1. The highest BCUT2D eigenvalue weighted by Crippen LogP contribution is 2.24. The lowest BCUT2D eigenvalue weighted by Crippen LogP contribution is -2.14. The second-order valence-corrected chi connectivity index (χ2v) is 4.61. The van der Waals surface area contributed by atoms with Crippen LogP contribution in [0.1, 0.15) is 10.5 Å². The summed E-state index contributed by atoms with van der Waals surface area (Å²) < 4.78 is 18.4. The Balaban J connectivity index is 1.80. The number of nitrogens with zero attached hydrogens (tertiary/aromatic N) is 3. The van der Waals surface area contributed by atoms with E-state index in [2.05, 4.69) is 15.2 Å². The van der Waals surface area contributed by atoms with Crippen LogP contribution in [-0.4, -0.2) is 21.1 Å². The van der Waals surface area contributed by atoms with Crippen molar-refractivity contribution in [2.24, 2.45) is 5.73 Å². The summed E-state index contributed by atoms with van der Waals surface area (Å²) in [5.74, 6) is 0.380. The summed E-state index contributed by atoms with van der Waals surface area (Å²) >= 11 is 0. The maximum absolute atomic E-state index is 12.8. The normalized spacial score (nSPS) is 10.3. The molecule has 0 atom stereocenters. The van der Waals surface area contributed by atoms with Crippen molar-refractivity contribution in [3.8, 4) is 22.9 Å². The minimum absolute atomic E-state index is 0.0432. The fraction of sp³-hybridized carbons (Fsp3) is 0. The number of hydrogen-bond donors (Lipinski definition) is 1. The molecular formula is C16H11FN4O2. The van der Waals surface area contributed by atoms with Crippen LogP contribution in [0, 0.1) is 5.82 Å². The van der Waals surface area contributed by atoms with E-state index in [9.17, 15) is 9.18 Å². The molecular weight excluding hydrogens is 299 g/mol. The number of aromatic nitrogens is 3. The Morgan fingerprint density at radius 1 is 1.00 bits per heavy atom. The first-order valence-electron chi connectivity index (χ1n) is 6.65. The standard InChI is InChI=1S/C16H11FN4O2/c17-11-3-7-13(8-4-11)23-12-5-1-10(2-6-12)16-20-14(15(18)22)9-19-21-16/h1-9H,(H2,18,22). The summed E-state index contributed by atoms with van der Waals surface area (Å²) in [5, 5.41) is 7.56. The topological polar surface area (TPSA) is 91.0 Å². The van der Waals surface area contributed by atoms with E-state index in [-0.39, 0.29) is 17.3 Å². The average Bonchev–Trinajstić information content (AvgIpc) is 2.58. The Morgan fingerprint density at radius 2 is 1.61 bits per heavy atom. The zero-order chi connectivity index (χ0) is 16.2. The number of ether oxygens (including phenoxy) is 1. The van der Waals surface area contributed by atoms with Gasteiger partial charge in [-0.25, -0.2) is 9.37 Å². The van der Waals surface area contributed by atoms with Crippen LogP contribution in [0.4, 0.5) is 4.39 Å². The van der Waals surface area contributed by atoms with Gasteiger partial charge in [-0.2, -0.15) is 5.10 Å². The first kappa shape index (κ1) is 14.6. The highest BCUT2D eigenvalue weighted by Gasteiger charge is 2.08. The van der Waals surface area contributed by atoms with Gasteiger partial charge in [0.15, 0.2) is 11.5 Å². The molecule has 7 heteroatoms. The zero-order valence-electron chi connectivity index (χ0n) is 11.8. The molecule has 0 aliphatic carbocycles. The van der Waals surface area contributed by atoms with E-state index in [0.717, 1.165) is 0 Å². The molecule has 3 rings (SSSR count). The van der Waals surface area contributed by atoms with Crippen LogP contribution in [0.15, 0.2) is 54.7 Å². The van der Waals surface area contributed by atoms with Crippen molar-refractivity contribution in [2.75, 3.05) is 0 Å². The van der Waals surface area contributed by atoms with Gasteiger partial charge in [0.05, 0.1) is 6.20 Å². The molecule has 3 aromatic rings. The summed E-state index contributed by atoms with van der Waals surface area (Å²) in [5.41, 5.74) is 5.87. The van der Waals surface area contributed by atoms with Crippen molar-refractivity contribution in [3.05, 3.63) is 66.2 Å². The van der Waals surface area contributed by atoms with E-state index in [1.807, 2.05) is 0 Å². The number of amides is 1. The number of halogens is 1. The monoisotopic (exact) mass is 310 g/mol. The Hall–Kier alpha value is -3.35. The molecule has 2 N–H and O–H groups in total. The highest BCUT2D eigenvalue weighted by molar-refractivity contribution is 5.90. The lowest BCUT2D eigenvalue weighted by molar-refractivity contribution is 0.0995. The molecule has 0 radical (unpaired) electrons. The maximum atomic E-state index is 12.8. The highest BCUT2D eigenvalue weighted by atomic mass is 19.1. The number of carbonyl (C=O) groups is 1. The Labute approximate surface area is 130 Å². The average molecular weight is 310 g/mol. The number of primary amides is 1. The third-order valence-corrected chi connectivity index (χ3v) is 2.97. The summed E-state index contributed by atoms with van der Waals surface area (Å²) in [6.07, 6.45) is 1.21. The van der Waals surface area contributed by atoms with Crippen molar-refractivity contribution >= 4 is 5.91 Å². The number of carbonyl (C=O) groups excluding carboxylic acids is 1. The number of hydrogen-bond acceptors (Lipinski definition) is 5. The minimum Gasteiger partial charge on any atom is -0.457 e. The third-order valence-electron chi connectivity index (χ3n) is 2.97. The van der Waals surface area contributed by atoms with Crippen LogP contribution in [0.3, 0.4) is 0 Å². The summed E-state index contributed by atoms with van der Waals surface area (Å²) in [7, 11) is 0. The van der Waals surface area contributed by atoms with Gasteiger partial charge in [-0.1, -0.05) is 0 Å². The van der Waals surface area contributed by atoms with Crippen molar-refractivity contribution < 1.29 is 13.9 Å². The van der Waals surface area contributed by atoms with E-state index >= 15 is 0 Å². The van der Waals surface area contributed by atoms with Gasteiger partial charge < -0.3 is 10.5 Å². The molecule has 0 saturated heterocycles. The Bertz CT molecular complexity index is 835. The van der Waals surface area contributed by atoms with E-state index < -0.39 is 5.91 Å². The van der Waals surface area contributed by atoms with Crippen LogP contribution >= 0.6 is 0 Å². The van der Waals surface area contributed by atoms with Crippen molar-refractivity contribution in [1.29, 1.82) is 0 Å². The van der Waals surface area contributed by atoms with Gasteiger partial charge >= 0.3 is 0 Å². The van der Waals surface area contributed by atoms with Gasteiger partial charge in [-0.3, -0.25) is 4.79 Å². The molecule has 6 nitrogen and oxygen atoms in total. The quantitative estimate of drug-likeness (QED) is 0.799. The largest absolute Gasteiger partial charge is 0.457 e. The van der Waals surface area contributed by atoms with Gasteiger partial charge in [0.2, 0.25) is 0 Å². The van der Waals surface area contributed by atoms with Gasteiger partial charge in [-0.15, -0.1) is 5.10 Å². The van der Waals surface area contributed by atoms with Crippen LogP contribution < -0.4 is 10.5 Å². The van der Waals surface area contributed by atoms with Crippen molar-refractivity contribution in [2.45, 2.75) is 0 Å². The third kappa shape index (κ3) is 3.46. The van der Waals surface area contributed by atoms with Crippen LogP contribution in [0.5, 0.6) is 11.5 Å². The molecule has 23 heavy (non-hydrogen) atoms. The van der Waals surface area contributed by atoms with Crippen molar-refractivity contribution in [3.63, 3.8) is 0 Å². The molecule has 0 unspecified atom stereocenters. The van der Waals surface area contributed by atoms with Crippen LogP contribution in [-0.2, 0) is 0 Å². The number of rotatable bonds is 4. The minimum atomic E-state index is -0.669. The molecule has 2 aromatic carbocycles. The molecule has 0 bridgehead atoms. The second kappa shape index (κ2) is 6.18. The molecule has 1 heterocycles. The van der Waals surface area contributed by atoms with E-state index in [1.165, 1.54) is 30.5 Å². The second-order valence-electron chi connectivity index (χ2n) is 4.61. The Morgan fingerprint density at radius 3 is 2.22 bits per heavy atom. The predicted molar refractivity (Wildman–Crippen MR) is 80.3 cm³/mol. The van der Waals surface area contributed by atoms with E-state index in [0.29, 0.717) is 17.1 Å². The summed E-state index contributed by atoms with van der Waals surface area (Å²) in [6.45, 7) is 0. The number of nitrogens with two attached hydrogens (primary N) is 1. The lowest BCUT2D eigenvalue weighted by atomic mass is 10.2. The Kier molecular flexibility index (Phi) is 3.92. The fourth-order valence-electron chi connectivity index (χ4n) is 1.86. The molecule has 1 aromatic heterocycles.